The van der Waals surface area contributed by atoms with Gasteiger partial charge in [-0.2, -0.15) is 0 Å². The van der Waals surface area contributed by atoms with E-state index in [9.17, 15) is 14.4 Å². The summed E-state index contributed by atoms with van der Waals surface area (Å²) < 4.78 is 5.03. The summed E-state index contributed by atoms with van der Waals surface area (Å²) in [5.41, 5.74) is 1.98. The van der Waals surface area contributed by atoms with Gasteiger partial charge in [-0.05, 0) is 11.1 Å². The van der Waals surface area contributed by atoms with Gasteiger partial charge >= 0.3 is 11.9 Å². The Balaban J connectivity index is 1.99. The largest absolute Gasteiger partial charge is 0.481 e. The minimum atomic E-state index is -1.05. The molecule has 2 aromatic rings. The van der Waals surface area contributed by atoms with Gasteiger partial charge in [-0.15, -0.1) is 0 Å². The normalized spacial score (nSPS) is 10.4. The molecular weight excluding hydrogens is 320 g/mol. The van der Waals surface area contributed by atoms with Gasteiger partial charge in [0.1, 0.15) is 6.61 Å². The molecule has 0 aliphatic heterocycles. The Hall–Kier alpha value is -2.95. The predicted octanol–water partition coefficient (Wildman–Crippen LogP) is 3.19. The highest BCUT2D eigenvalue weighted by atomic mass is 16.5. The molecule has 0 aromatic heterocycles. The van der Waals surface area contributed by atoms with Crippen molar-refractivity contribution >= 4 is 17.7 Å². The maximum Gasteiger partial charge on any atom is 0.307 e. The second-order valence-corrected chi connectivity index (χ2v) is 5.67. The van der Waals surface area contributed by atoms with Crippen LogP contribution in [0.25, 0.3) is 0 Å². The van der Waals surface area contributed by atoms with Crippen LogP contribution in [0.5, 0.6) is 0 Å². The molecule has 0 atom stereocenters. The van der Waals surface area contributed by atoms with Crippen LogP contribution < -0.4 is 0 Å². The molecular formula is C20H20O5. The summed E-state index contributed by atoms with van der Waals surface area (Å²) in [7, 11) is 0. The van der Waals surface area contributed by atoms with Crippen molar-refractivity contribution in [3.63, 3.8) is 0 Å². The quantitative estimate of drug-likeness (QED) is 0.709. The monoisotopic (exact) mass is 340 g/mol. The molecule has 5 heteroatoms. The van der Waals surface area contributed by atoms with Crippen LogP contribution >= 0.6 is 0 Å². The van der Waals surface area contributed by atoms with Crippen molar-refractivity contribution in [2.75, 3.05) is 6.61 Å². The minimum Gasteiger partial charge on any atom is -0.481 e. The van der Waals surface area contributed by atoms with Crippen molar-refractivity contribution in [3.8, 4) is 0 Å². The Morgan fingerprint density at radius 1 is 0.840 bits per heavy atom. The zero-order valence-electron chi connectivity index (χ0n) is 13.8. The highest BCUT2D eigenvalue weighted by Crippen LogP contribution is 2.28. The lowest BCUT2D eigenvalue weighted by atomic mass is 9.89. The Labute approximate surface area is 146 Å². The van der Waals surface area contributed by atoms with Gasteiger partial charge in [0.25, 0.3) is 0 Å². The average molecular weight is 340 g/mol. The number of benzene rings is 2. The number of aliphatic carboxylic acids is 1. The van der Waals surface area contributed by atoms with E-state index >= 15 is 0 Å². The van der Waals surface area contributed by atoms with Crippen LogP contribution in [0.1, 0.15) is 36.3 Å². The van der Waals surface area contributed by atoms with E-state index in [2.05, 4.69) is 0 Å². The van der Waals surface area contributed by atoms with Crippen LogP contribution in [0.15, 0.2) is 60.7 Å². The minimum absolute atomic E-state index is 0.111. The van der Waals surface area contributed by atoms with Crippen molar-refractivity contribution in [2.24, 2.45) is 0 Å². The molecule has 0 heterocycles. The molecule has 0 saturated heterocycles. The third kappa shape index (κ3) is 6.22. The van der Waals surface area contributed by atoms with Crippen molar-refractivity contribution < 1.29 is 24.2 Å². The van der Waals surface area contributed by atoms with E-state index in [1.165, 1.54) is 0 Å². The topological polar surface area (TPSA) is 80.7 Å². The first-order valence-corrected chi connectivity index (χ1v) is 8.05. The van der Waals surface area contributed by atoms with Crippen molar-refractivity contribution in [3.05, 3.63) is 71.8 Å². The lowest BCUT2D eigenvalue weighted by Gasteiger charge is -2.17. The molecule has 5 nitrogen and oxygen atoms in total. The van der Waals surface area contributed by atoms with Gasteiger partial charge in [0.2, 0.25) is 0 Å². The number of hydrogen-bond donors (Lipinski definition) is 1. The zero-order valence-corrected chi connectivity index (χ0v) is 13.8. The molecule has 0 aliphatic rings. The summed E-state index contributed by atoms with van der Waals surface area (Å²) in [6.07, 6.45) is -0.281. The van der Waals surface area contributed by atoms with E-state index in [1.54, 1.807) is 0 Å². The SMILES string of the molecule is O=C(O)CCC(=O)COC(=O)CC(c1ccccc1)c1ccccc1. The first-order valence-electron chi connectivity index (χ1n) is 8.05. The highest BCUT2D eigenvalue weighted by Gasteiger charge is 2.19. The number of rotatable bonds is 9. The molecule has 0 unspecified atom stereocenters. The first kappa shape index (κ1) is 18.4. The maximum absolute atomic E-state index is 12.2. The number of carboxylic acids is 1. The number of carboxylic acid groups (broad SMARTS) is 1. The Bertz CT molecular complexity index is 670. The Morgan fingerprint density at radius 2 is 1.36 bits per heavy atom. The van der Waals surface area contributed by atoms with Crippen molar-refractivity contribution in [2.45, 2.75) is 25.2 Å². The van der Waals surface area contributed by atoms with Crippen LogP contribution in [0.4, 0.5) is 0 Å². The van der Waals surface area contributed by atoms with Gasteiger partial charge < -0.3 is 9.84 Å². The molecule has 0 spiro atoms. The maximum atomic E-state index is 12.2. The number of esters is 1. The van der Waals surface area contributed by atoms with Gasteiger partial charge in [-0.25, -0.2) is 0 Å². The smallest absolute Gasteiger partial charge is 0.307 e. The molecule has 130 valence electrons. The summed E-state index contributed by atoms with van der Waals surface area (Å²) >= 11 is 0. The molecule has 0 amide bonds. The van der Waals surface area contributed by atoms with Crippen LogP contribution in [0.3, 0.4) is 0 Å². The second-order valence-electron chi connectivity index (χ2n) is 5.67. The van der Waals surface area contributed by atoms with Crippen molar-refractivity contribution in [1.82, 2.24) is 0 Å². The molecule has 0 fully saturated rings. The van der Waals surface area contributed by atoms with E-state index in [0.717, 1.165) is 11.1 Å². The van der Waals surface area contributed by atoms with E-state index in [0.29, 0.717) is 0 Å². The molecule has 0 bridgehead atoms. The van der Waals surface area contributed by atoms with E-state index < -0.39 is 17.7 Å². The third-order valence-electron chi connectivity index (χ3n) is 3.79. The zero-order chi connectivity index (χ0) is 18.1. The standard InChI is InChI=1S/C20H20O5/c21-17(11-12-19(22)23)14-25-20(24)13-18(15-7-3-1-4-8-15)16-9-5-2-6-10-16/h1-10,18H,11-14H2,(H,22,23). The first-order chi connectivity index (χ1) is 12.1. The molecule has 25 heavy (non-hydrogen) atoms. The summed E-state index contributed by atoms with van der Waals surface area (Å²) in [4.78, 5) is 34.1. The number of Topliss-reactive ketones (excluding diaryl/α,β-unsaturated/α-hetero) is 1. The third-order valence-corrected chi connectivity index (χ3v) is 3.79. The van der Waals surface area contributed by atoms with Crippen LogP contribution in [-0.4, -0.2) is 29.4 Å². The lowest BCUT2D eigenvalue weighted by molar-refractivity contribution is -0.148. The summed E-state index contributed by atoms with van der Waals surface area (Å²) in [6.45, 7) is -0.386. The van der Waals surface area contributed by atoms with Crippen LogP contribution in [0, 0.1) is 0 Å². The Kier molecular flexibility index (Phi) is 6.89. The number of hydrogen-bond acceptors (Lipinski definition) is 4. The van der Waals surface area contributed by atoms with Crippen LogP contribution in [0.2, 0.25) is 0 Å². The van der Waals surface area contributed by atoms with Gasteiger partial charge in [0, 0.05) is 12.3 Å². The van der Waals surface area contributed by atoms with Crippen molar-refractivity contribution in [1.29, 1.82) is 0 Å². The summed E-state index contributed by atoms with van der Waals surface area (Å²) in [5.74, 6) is -2.09. The summed E-state index contributed by atoms with van der Waals surface area (Å²) in [6, 6.07) is 19.2. The fourth-order valence-corrected chi connectivity index (χ4v) is 2.50. The summed E-state index contributed by atoms with van der Waals surface area (Å²) in [5, 5.41) is 8.55. The molecule has 1 N–H and O–H groups in total. The number of ketones is 1. The average Bonchev–Trinajstić information content (AvgIpc) is 2.64. The fraction of sp³-hybridized carbons (Fsp3) is 0.250. The van der Waals surface area contributed by atoms with Gasteiger partial charge in [-0.3, -0.25) is 14.4 Å². The predicted molar refractivity (Wildman–Crippen MR) is 92.2 cm³/mol. The second kappa shape index (κ2) is 9.37. The lowest BCUT2D eigenvalue weighted by Crippen LogP contribution is -2.17. The molecule has 2 rings (SSSR count). The Morgan fingerprint density at radius 3 is 1.84 bits per heavy atom. The van der Waals surface area contributed by atoms with E-state index in [4.69, 9.17) is 9.84 Å². The van der Waals surface area contributed by atoms with Crippen LogP contribution in [-0.2, 0) is 19.1 Å². The number of carbonyl (C=O) groups is 3. The van der Waals surface area contributed by atoms with E-state index in [-0.39, 0.29) is 31.8 Å². The molecule has 2 aromatic carbocycles. The fourth-order valence-electron chi connectivity index (χ4n) is 2.50. The number of carbonyl (C=O) groups excluding carboxylic acids is 2. The number of ether oxygens (including phenoxy) is 1. The van der Waals surface area contributed by atoms with Gasteiger partial charge in [-0.1, -0.05) is 60.7 Å². The highest BCUT2D eigenvalue weighted by molar-refractivity contribution is 5.85. The molecule has 0 aliphatic carbocycles. The van der Waals surface area contributed by atoms with Gasteiger partial charge in [0.15, 0.2) is 5.78 Å². The van der Waals surface area contributed by atoms with Gasteiger partial charge in [0.05, 0.1) is 12.8 Å². The van der Waals surface area contributed by atoms with E-state index in [1.807, 2.05) is 60.7 Å². The molecule has 0 radical (unpaired) electrons. The molecule has 0 saturated carbocycles.